The molecule has 0 unspecified atom stereocenters. The number of aliphatic hydroxyl groups is 2. The first-order chi connectivity index (χ1) is 10.8. The van der Waals surface area contributed by atoms with Gasteiger partial charge in [-0.25, -0.2) is 13.8 Å². The summed E-state index contributed by atoms with van der Waals surface area (Å²) in [5.74, 6) is -3.50. The van der Waals surface area contributed by atoms with Crippen LogP contribution >= 0.6 is 0 Å². The lowest BCUT2D eigenvalue weighted by molar-refractivity contribution is -0.115. The Balaban J connectivity index is 2.09. The van der Waals surface area contributed by atoms with E-state index in [0.717, 1.165) is 0 Å². The van der Waals surface area contributed by atoms with Gasteiger partial charge in [0.1, 0.15) is 23.5 Å². The molecule has 0 spiro atoms. The highest BCUT2D eigenvalue weighted by Gasteiger charge is 2.59. The molecule has 0 saturated carbocycles. The van der Waals surface area contributed by atoms with Gasteiger partial charge in [-0.1, -0.05) is 0 Å². The van der Waals surface area contributed by atoms with Gasteiger partial charge in [0.15, 0.2) is 17.6 Å². The molecule has 0 radical (unpaired) electrons. The van der Waals surface area contributed by atoms with E-state index in [2.05, 4.69) is 19.9 Å². The fourth-order valence-electron chi connectivity index (χ4n) is 2.50. The number of aromatic amines is 1. The highest BCUT2D eigenvalue weighted by molar-refractivity contribution is 5.84. The van der Waals surface area contributed by atoms with Gasteiger partial charge in [0.05, 0.1) is 6.61 Å². The van der Waals surface area contributed by atoms with Crippen molar-refractivity contribution in [2.75, 3.05) is 31.3 Å². The van der Waals surface area contributed by atoms with Crippen LogP contribution in [0.3, 0.4) is 0 Å². The van der Waals surface area contributed by atoms with Crippen LogP contribution in [0.2, 0.25) is 0 Å². The van der Waals surface area contributed by atoms with E-state index in [9.17, 15) is 13.9 Å². The van der Waals surface area contributed by atoms with Crippen LogP contribution in [-0.4, -0.2) is 69.0 Å². The minimum atomic E-state index is -3.61. The standard InChI is InChI=1S/C12H16F2N6O3/c1-20(2)10-5-8(18-11(15)19-10)17-9(16-5)7-12(13,14)6(22)4(3-21)23-7/h4,6-7,21-22H,3H2,1-2H3,(H3,15,16,17,18,19)/t4-,6-,7+/m1/s1. The quantitative estimate of drug-likeness (QED) is 0.588. The van der Waals surface area contributed by atoms with Gasteiger partial charge in [0.25, 0.3) is 0 Å². The number of halogens is 2. The molecule has 1 fully saturated rings. The van der Waals surface area contributed by atoms with Crippen molar-refractivity contribution >= 4 is 22.9 Å². The highest BCUT2D eigenvalue weighted by atomic mass is 19.3. The minimum Gasteiger partial charge on any atom is -0.394 e. The van der Waals surface area contributed by atoms with Gasteiger partial charge < -0.3 is 30.6 Å². The first kappa shape index (κ1) is 15.8. The fraction of sp³-hybridized carbons (Fsp3) is 0.583. The molecule has 0 amide bonds. The van der Waals surface area contributed by atoms with Gasteiger partial charge in [-0.2, -0.15) is 9.97 Å². The van der Waals surface area contributed by atoms with Crippen molar-refractivity contribution in [2.24, 2.45) is 0 Å². The number of hydrogen-bond donors (Lipinski definition) is 4. The molecule has 5 N–H and O–H groups in total. The summed E-state index contributed by atoms with van der Waals surface area (Å²) in [7, 11) is 3.40. The van der Waals surface area contributed by atoms with Crippen molar-refractivity contribution in [1.82, 2.24) is 19.9 Å². The Morgan fingerprint density at radius 1 is 1.35 bits per heavy atom. The molecule has 23 heavy (non-hydrogen) atoms. The van der Waals surface area contributed by atoms with E-state index in [1.165, 1.54) is 0 Å². The lowest BCUT2D eigenvalue weighted by atomic mass is 10.1. The smallest absolute Gasteiger partial charge is 0.308 e. The van der Waals surface area contributed by atoms with Crippen LogP contribution in [0.15, 0.2) is 0 Å². The number of alkyl halides is 2. The molecule has 1 aliphatic rings. The molecule has 126 valence electrons. The molecule has 3 atom stereocenters. The number of imidazole rings is 1. The molecule has 2 aromatic heterocycles. The van der Waals surface area contributed by atoms with Gasteiger partial charge in [-0.15, -0.1) is 0 Å². The van der Waals surface area contributed by atoms with Gasteiger partial charge in [-0.05, 0) is 0 Å². The Bertz CT molecular complexity index is 737. The third-order valence-corrected chi connectivity index (χ3v) is 3.63. The Morgan fingerprint density at radius 3 is 2.61 bits per heavy atom. The summed E-state index contributed by atoms with van der Waals surface area (Å²) < 4.78 is 33.4. The van der Waals surface area contributed by atoms with Crippen LogP contribution in [0.25, 0.3) is 11.2 Å². The van der Waals surface area contributed by atoms with Gasteiger partial charge in [0, 0.05) is 14.1 Å². The Morgan fingerprint density at radius 2 is 2.04 bits per heavy atom. The third kappa shape index (κ3) is 2.36. The molecule has 1 saturated heterocycles. The second-order valence-electron chi connectivity index (χ2n) is 5.48. The number of H-pyrrole nitrogens is 1. The number of nitrogen functional groups attached to an aromatic ring is 1. The van der Waals surface area contributed by atoms with Crippen molar-refractivity contribution in [1.29, 1.82) is 0 Å². The fourth-order valence-corrected chi connectivity index (χ4v) is 2.50. The lowest BCUT2D eigenvalue weighted by Crippen LogP contribution is -2.38. The first-order valence-corrected chi connectivity index (χ1v) is 6.78. The first-order valence-electron chi connectivity index (χ1n) is 6.78. The summed E-state index contributed by atoms with van der Waals surface area (Å²) >= 11 is 0. The van der Waals surface area contributed by atoms with Gasteiger partial charge in [-0.3, -0.25) is 0 Å². The molecular weight excluding hydrogens is 314 g/mol. The maximum Gasteiger partial charge on any atom is 0.308 e. The number of aliphatic hydroxyl groups excluding tert-OH is 2. The second-order valence-corrected chi connectivity index (χ2v) is 5.48. The number of rotatable bonds is 3. The predicted octanol–water partition coefficient (Wildman–Crippen LogP) is -0.571. The number of fused-ring (bicyclic) bond motifs is 1. The van der Waals surface area contributed by atoms with E-state index < -0.39 is 30.8 Å². The minimum absolute atomic E-state index is 0.0494. The molecule has 0 bridgehead atoms. The highest BCUT2D eigenvalue weighted by Crippen LogP contribution is 2.45. The Labute approximate surface area is 129 Å². The molecule has 1 aliphatic heterocycles. The van der Waals surface area contributed by atoms with E-state index in [1.807, 2.05) is 0 Å². The van der Waals surface area contributed by atoms with Gasteiger partial charge >= 0.3 is 5.92 Å². The molecule has 0 aromatic carbocycles. The molecule has 9 nitrogen and oxygen atoms in total. The van der Waals surface area contributed by atoms with Crippen LogP contribution in [0, 0.1) is 0 Å². The summed E-state index contributed by atoms with van der Waals surface area (Å²) in [5, 5.41) is 18.6. The molecule has 3 heterocycles. The number of nitrogens with two attached hydrogens (primary N) is 1. The average Bonchev–Trinajstić information content (AvgIpc) is 2.98. The Hall–Kier alpha value is -2.11. The summed E-state index contributed by atoms with van der Waals surface area (Å²) in [4.78, 5) is 16.2. The zero-order valence-corrected chi connectivity index (χ0v) is 12.4. The maximum absolute atomic E-state index is 14.2. The number of nitrogens with one attached hydrogen (secondary N) is 1. The van der Waals surface area contributed by atoms with E-state index in [1.54, 1.807) is 19.0 Å². The number of ether oxygens (including phenoxy) is 1. The number of anilines is 2. The van der Waals surface area contributed by atoms with Crippen molar-refractivity contribution in [3.63, 3.8) is 0 Å². The number of nitrogens with zero attached hydrogens (tertiary/aromatic N) is 4. The van der Waals surface area contributed by atoms with Crippen LogP contribution in [0.5, 0.6) is 0 Å². The molecule has 0 aliphatic carbocycles. The topological polar surface area (TPSA) is 133 Å². The molecule has 2 aromatic rings. The van der Waals surface area contributed by atoms with Crippen molar-refractivity contribution in [2.45, 2.75) is 24.2 Å². The molecule has 3 rings (SSSR count). The van der Waals surface area contributed by atoms with Crippen LogP contribution in [0.4, 0.5) is 20.5 Å². The SMILES string of the molecule is CN(C)c1nc(N)nc2nc([C@@H]3O[C@H](CO)[C@@H](O)C3(F)F)[nH]c12. The number of hydrogen-bond acceptors (Lipinski definition) is 8. The third-order valence-electron chi connectivity index (χ3n) is 3.63. The second kappa shape index (κ2) is 5.22. The average molecular weight is 330 g/mol. The van der Waals surface area contributed by atoms with Crippen LogP contribution in [-0.2, 0) is 4.74 Å². The van der Waals surface area contributed by atoms with E-state index in [-0.39, 0.29) is 17.4 Å². The normalized spacial score (nSPS) is 26.8. The predicted molar refractivity (Wildman–Crippen MR) is 76.1 cm³/mol. The van der Waals surface area contributed by atoms with Crippen molar-refractivity contribution in [3.05, 3.63) is 5.82 Å². The monoisotopic (exact) mass is 330 g/mol. The zero-order chi connectivity index (χ0) is 16.9. The van der Waals surface area contributed by atoms with Crippen LogP contribution < -0.4 is 10.6 Å². The lowest BCUT2D eigenvalue weighted by Gasteiger charge is -2.17. The maximum atomic E-state index is 14.2. The summed E-state index contributed by atoms with van der Waals surface area (Å²) in [6, 6.07) is 0. The summed E-state index contributed by atoms with van der Waals surface area (Å²) in [6.07, 6.45) is -5.36. The zero-order valence-electron chi connectivity index (χ0n) is 12.4. The largest absolute Gasteiger partial charge is 0.394 e. The van der Waals surface area contributed by atoms with Crippen molar-refractivity contribution < 1.29 is 23.7 Å². The Kier molecular flexibility index (Phi) is 3.58. The van der Waals surface area contributed by atoms with E-state index in [4.69, 9.17) is 15.6 Å². The van der Waals surface area contributed by atoms with Gasteiger partial charge in [0.2, 0.25) is 5.95 Å². The van der Waals surface area contributed by atoms with E-state index in [0.29, 0.717) is 11.3 Å². The van der Waals surface area contributed by atoms with Crippen molar-refractivity contribution in [3.8, 4) is 0 Å². The number of aromatic nitrogens is 4. The summed E-state index contributed by atoms with van der Waals surface area (Å²) in [5.41, 5.74) is 6.02. The van der Waals surface area contributed by atoms with Crippen LogP contribution in [0.1, 0.15) is 11.9 Å². The van der Waals surface area contributed by atoms with E-state index >= 15 is 0 Å². The summed E-state index contributed by atoms with van der Waals surface area (Å²) in [6.45, 7) is -0.733. The molecular formula is C12H16F2N6O3. The molecule has 11 heteroatoms.